The maximum absolute atomic E-state index is 12.7. The highest BCUT2D eigenvalue weighted by atomic mass is 32.1. The molecule has 1 heterocycles. The third kappa shape index (κ3) is 4.84. The van der Waals surface area contributed by atoms with Crippen LogP contribution in [0.3, 0.4) is 0 Å². The first-order valence-corrected chi connectivity index (χ1v) is 10.4. The quantitative estimate of drug-likeness (QED) is 0.864. The van der Waals surface area contributed by atoms with E-state index in [9.17, 15) is 9.59 Å². The summed E-state index contributed by atoms with van der Waals surface area (Å²) in [5, 5.41) is 3.23. The molecule has 0 atom stereocenters. The SMILES string of the molecule is Cc1ccc(CN(C)C(=O)C2CCC(NC(=O)C3CCCC3)CC2)s1. The molecule has 4 nitrogen and oxygen atoms in total. The second-order valence-electron chi connectivity index (χ2n) is 7.75. The number of carbonyl (C=O) groups is 2. The minimum atomic E-state index is 0.116. The van der Waals surface area contributed by atoms with Gasteiger partial charge in [0.15, 0.2) is 0 Å². The van der Waals surface area contributed by atoms with Gasteiger partial charge in [0.05, 0.1) is 6.54 Å². The van der Waals surface area contributed by atoms with Gasteiger partial charge < -0.3 is 10.2 Å². The number of thiophene rings is 1. The smallest absolute Gasteiger partial charge is 0.225 e. The summed E-state index contributed by atoms with van der Waals surface area (Å²) in [6.07, 6.45) is 8.12. The Hall–Kier alpha value is -1.36. The van der Waals surface area contributed by atoms with Crippen LogP contribution in [0.5, 0.6) is 0 Å². The van der Waals surface area contributed by atoms with Crippen molar-refractivity contribution < 1.29 is 9.59 Å². The molecule has 1 aromatic rings. The van der Waals surface area contributed by atoms with Crippen molar-refractivity contribution in [1.29, 1.82) is 0 Å². The van der Waals surface area contributed by atoms with Crippen LogP contribution in [0.4, 0.5) is 0 Å². The normalized spacial score (nSPS) is 24.2. The summed E-state index contributed by atoms with van der Waals surface area (Å²) < 4.78 is 0. The topological polar surface area (TPSA) is 49.4 Å². The van der Waals surface area contributed by atoms with E-state index in [1.54, 1.807) is 11.3 Å². The molecule has 138 valence electrons. The molecule has 0 bridgehead atoms. The number of rotatable bonds is 5. The zero-order valence-corrected chi connectivity index (χ0v) is 16.2. The Morgan fingerprint density at radius 1 is 1.08 bits per heavy atom. The first-order chi connectivity index (χ1) is 12.0. The van der Waals surface area contributed by atoms with Crippen LogP contribution in [0.2, 0.25) is 0 Å². The van der Waals surface area contributed by atoms with Gasteiger partial charge in [0, 0.05) is 34.7 Å². The molecule has 5 heteroatoms. The van der Waals surface area contributed by atoms with Crippen molar-refractivity contribution in [3.8, 4) is 0 Å². The zero-order valence-electron chi connectivity index (χ0n) is 15.4. The Morgan fingerprint density at radius 3 is 2.36 bits per heavy atom. The highest BCUT2D eigenvalue weighted by Crippen LogP contribution is 2.29. The fourth-order valence-corrected chi connectivity index (χ4v) is 5.13. The van der Waals surface area contributed by atoms with Crippen LogP contribution in [-0.2, 0) is 16.1 Å². The fraction of sp³-hybridized carbons (Fsp3) is 0.700. The van der Waals surface area contributed by atoms with E-state index in [-0.39, 0.29) is 29.7 Å². The highest BCUT2D eigenvalue weighted by Gasteiger charge is 2.30. The van der Waals surface area contributed by atoms with Crippen molar-refractivity contribution in [2.24, 2.45) is 11.8 Å². The minimum absolute atomic E-state index is 0.116. The monoisotopic (exact) mass is 362 g/mol. The fourth-order valence-electron chi connectivity index (χ4n) is 4.19. The lowest BCUT2D eigenvalue weighted by Crippen LogP contribution is -2.42. The van der Waals surface area contributed by atoms with Crippen LogP contribution >= 0.6 is 11.3 Å². The van der Waals surface area contributed by atoms with Crippen molar-refractivity contribution in [1.82, 2.24) is 10.2 Å². The van der Waals surface area contributed by atoms with E-state index >= 15 is 0 Å². The molecule has 1 aromatic heterocycles. The molecule has 1 N–H and O–H groups in total. The van der Waals surface area contributed by atoms with E-state index in [4.69, 9.17) is 0 Å². The second-order valence-corrected chi connectivity index (χ2v) is 9.12. The van der Waals surface area contributed by atoms with E-state index in [1.807, 2.05) is 11.9 Å². The summed E-state index contributed by atoms with van der Waals surface area (Å²) in [7, 11) is 1.91. The Kier molecular flexibility index (Phi) is 6.15. The molecular weight excluding hydrogens is 332 g/mol. The molecule has 3 rings (SSSR count). The minimum Gasteiger partial charge on any atom is -0.353 e. The number of nitrogens with zero attached hydrogens (tertiary/aromatic N) is 1. The van der Waals surface area contributed by atoms with Gasteiger partial charge in [0.1, 0.15) is 0 Å². The van der Waals surface area contributed by atoms with E-state index < -0.39 is 0 Å². The van der Waals surface area contributed by atoms with Crippen molar-refractivity contribution in [2.45, 2.75) is 70.9 Å². The Morgan fingerprint density at radius 2 is 1.76 bits per heavy atom. The third-order valence-electron chi connectivity index (χ3n) is 5.71. The first-order valence-electron chi connectivity index (χ1n) is 9.63. The predicted octanol–water partition coefficient (Wildman–Crippen LogP) is 3.88. The number of nitrogens with one attached hydrogen (secondary N) is 1. The van der Waals surface area contributed by atoms with E-state index in [2.05, 4.69) is 24.4 Å². The lowest BCUT2D eigenvalue weighted by molar-refractivity contribution is -0.135. The molecule has 2 amide bonds. The van der Waals surface area contributed by atoms with E-state index in [0.717, 1.165) is 38.5 Å². The summed E-state index contributed by atoms with van der Waals surface area (Å²) in [6.45, 7) is 2.80. The molecule has 0 aromatic carbocycles. The average Bonchev–Trinajstić information content (AvgIpc) is 3.27. The number of hydrogen-bond acceptors (Lipinski definition) is 3. The number of carbonyl (C=O) groups excluding carboxylic acids is 2. The molecule has 2 aliphatic carbocycles. The summed E-state index contributed by atoms with van der Waals surface area (Å²) in [6, 6.07) is 4.48. The molecule has 0 aliphatic heterocycles. The molecule has 2 aliphatic rings. The molecule has 0 spiro atoms. The predicted molar refractivity (Wildman–Crippen MR) is 101 cm³/mol. The largest absolute Gasteiger partial charge is 0.353 e. The maximum atomic E-state index is 12.7. The van der Waals surface area contributed by atoms with E-state index in [1.165, 1.54) is 22.6 Å². The van der Waals surface area contributed by atoms with Gasteiger partial charge in [0.2, 0.25) is 11.8 Å². The van der Waals surface area contributed by atoms with Gasteiger partial charge in [0.25, 0.3) is 0 Å². The molecule has 2 saturated carbocycles. The van der Waals surface area contributed by atoms with Crippen molar-refractivity contribution >= 4 is 23.2 Å². The summed E-state index contributed by atoms with van der Waals surface area (Å²) in [5.41, 5.74) is 0. The summed E-state index contributed by atoms with van der Waals surface area (Å²) in [4.78, 5) is 29.3. The average molecular weight is 363 g/mol. The summed E-state index contributed by atoms with van der Waals surface area (Å²) in [5.74, 6) is 0.856. The van der Waals surface area contributed by atoms with E-state index in [0.29, 0.717) is 6.54 Å². The molecule has 2 fully saturated rings. The van der Waals surface area contributed by atoms with Crippen LogP contribution in [0.1, 0.15) is 61.1 Å². The third-order valence-corrected chi connectivity index (χ3v) is 6.70. The van der Waals surface area contributed by atoms with Crippen LogP contribution in [0.25, 0.3) is 0 Å². The Bertz CT molecular complexity index is 599. The van der Waals surface area contributed by atoms with Gasteiger partial charge >= 0.3 is 0 Å². The lowest BCUT2D eigenvalue weighted by atomic mass is 9.85. The van der Waals surface area contributed by atoms with Gasteiger partial charge in [-0.05, 0) is 57.6 Å². The zero-order chi connectivity index (χ0) is 17.8. The Balaban J connectivity index is 1.43. The van der Waals surface area contributed by atoms with Gasteiger partial charge in [-0.3, -0.25) is 9.59 Å². The maximum Gasteiger partial charge on any atom is 0.225 e. The van der Waals surface area contributed by atoms with Crippen LogP contribution in [-0.4, -0.2) is 29.8 Å². The lowest BCUT2D eigenvalue weighted by Gasteiger charge is -2.31. The Labute approximate surface area is 155 Å². The molecule has 0 unspecified atom stereocenters. The number of hydrogen-bond donors (Lipinski definition) is 1. The first kappa shape index (κ1) is 18.4. The summed E-state index contributed by atoms with van der Waals surface area (Å²) >= 11 is 1.76. The van der Waals surface area contributed by atoms with Crippen LogP contribution in [0.15, 0.2) is 12.1 Å². The molecule has 0 saturated heterocycles. The van der Waals surface area contributed by atoms with Gasteiger partial charge in [-0.15, -0.1) is 11.3 Å². The van der Waals surface area contributed by atoms with Crippen molar-refractivity contribution in [3.63, 3.8) is 0 Å². The molecule has 25 heavy (non-hydrogen) atoms. The van der Waals surface area contributed by atoms with Gasteiger partial charge in [-0.25, -0.2) is 0 Å². The van der Waals surface area contributed by atoms with Gasteiger partial charge in [-0.1, -0.05) is 12.8 Å². The van der Waals surface area contributed by atoms with Crippen LogP contribution in [0, 0.1) is 18.8 Å². The number of amides is 2. The second kappa shape index (κ2) is 8.35. The van der Waals surface area contributed by atoms with Gasteiger partial charge in [-0.2, -0.15) is 0 Å². The highest BCUT2D eigenvalue weighted by molar-refractivity contribution is 7.11. The molecule has 0 radical (unpaired) electrons. The van der Waals surface area contributed by atoms with Crippen molar-refractivity contribution in [3.05, 3.63) is 21.9 Å². The number of aryl methyl sites for hydroxylation is 1. The van der Waals surface area contributed by atoms with Crippen molar-refractivity contribution in [2.75, 3.05) is 7.05 Å². The molecular formula is C20H30N2O2S. The standard InChI is InChI=1S/C20H30N2O2S/c1-14-7-12-18(25-14)13-22(2)20(24)16-8-10-17(11-9-16)21-19(23)15-5-3-4-6-15/h7,12,15-17H,3-6,8-11,13H2,1-2H3,(H,21,23). The van der Waals surface area contributed by atoms with Crippen LogP contribution < -0.4 is 5.32 Å².